The van der Waals surface area contributed by atoms with Gasteiger partial charge < -0.3 is 5.73 Å². The number of hydrogen-bond donors (Lipinski definition) is 1. The van der Waals surface area contributed by atoms with Crippen LogP contribution in [0.4, 0.5) is 5.69 Å². The van der Waals surface area contributed by atoms with Gasteiger partial charge in [0.15, 0.2) is 5.78 Å². The second-order valence-corrected chi connectivity index (χ2v) is 5.97. The van der Waals surface area contributed by atoms with Gasteiger partial charge in [0, 0.05) is 10.6 Å². The van der Waals surface area contributed by atoms with E-state index in [1.54, 1.807) is 0 Å². The minimum Gasteiger partial charge on any atom is -0.397 e. The number of rotatable bonds is 2. The molecule has 0 spiro atoms. The Morgan fingerprint density at radius 3 is 1.90 bits per heavy atom. The molecular weight excluding hydrogens is 363 g/mol. The second-order valence-electron chi connectivity index (χ2n) is 3.93. The van der Waals surface area contributed by atoms with Crippen molar-refractivity contribution in [2.45, 2.75) is 0 Å². The van der Waals surface area contributed by atoms with Crippen molar-refractivity contribution in [1.29, 1.82) is 0 Å². The lowest BCUT2D eigenvalue weighted by molar-refractivity contribution is 0.103. The lowest BCUT2D eigenvalue weighted by Crippen LogP contribution is -2.05. The molecule has 7 heteroatoms. The summed E-state index contributed by atoms with van der Waals surface area (Å²) < 4.78 is 0. The van der Waals surface area contributed by atoms with Crippen LogP contribution in [0.25, 0.3) is 0 Å². The van der Waals surface area contributed by atoms with Gasteiger partial charge >= 0.3 is 0 Å². The number of nitrogens with two attached hydrogens (primary N) is 1. The summed E-state index contributed by atoms with van der Waals surface area (Å²) in [5.74, 6) is -0.415. The molecule has 0 unspecified atom stereocenters. The quantitative estimate of drug-likeness (QED) is 0.540. The first-order chi connectivity index (χ1) is 9.31. The van der Waals surface area contributed by atoms with Crippen LogP contribution in [-0.4, -0.2) is 5.78 Å². The summed E-state index contributed by atoms with van der Waals surface area (Å²) in [7, 11) is 0. The normalized spacial score (nSPS) is 10.7. The van der Waals surface area contributed by atoms with Crippen LogP contribution in [0.5, 0.6) is 0 Å². The maximum absolute atomic E-state index is 12.4. The molecule has 104 valence electrons. The lowest BCUT2D eigenvalue weighted by atomic mass is 10.0. The molecule has 0 radical (unpaired) electrons. The van der Waals surface area contributed by atoms with Crippen LogP contribution in [0.2, 0.25) is 25.1 Å². The number of benzene rings is 2. The largest absolute Gasteiger partial charge is 0.397 e. The first kappa shape index (κ1) is 15.7. The monoisotopic (exact) mass is 367 g/mol. The maximum Gasteiger partial charge on any atom is 0.196 e. The molecule has 0 heterocycles. The zero-order valence-corrected chi connectivity index (χ0v) is 13.5. The van der Waals surface area contributed by atoms with E-state index in [9.17, 15) is 4.79 Å². The van der Waals surface area contributed by atoms with Gasteiger partial charge in [0.1, 0.15) is 0 Å². The number of nitrogen functional groups attached to an aromatic ring is 1. The van der Waals surface area contributed by atoms with E-state index < -0.39 is 5.78 Å². The highest BCUT2D eigenvalue weighted by atomic mass is 35.5. The molecule has 0 amide bonds. The van der Waals surface area contributed by atoms with Crippen molar-refractivity contribution in [1.82, 2.24) is 0 Å². The Morgan fingerprint density at radius 1 is 0.850 bits per heavy atom. The Kier molecular flexibility index (Phi) is 4.73. The number of halogens is 5. The van der Waals surface area contributed by atoms with Crippen molar-refractivity contribution in [3.8, 4) is 0 Å². The number of carbonyl (C=O) groups excluding carboxylic acids is 1. The van der Waals surface area contributed by atoms with Gasteiger partial charge in [0.2, 0.25) is 0 Å². The van der Waals surface area contributed by atoms with Crippen molar-refractivity contribution < 1.29 is 4.79 Å². The van der Waals surface area contributed by atoms with Gasteiger partial charge in [-0.05, 0) is 24.3 Å². The molecule has 2 rings (SSSR count). The van der Waals surface area contributed by atoms with E-state index >= 15 is 0 Å². The molecule has 2 aromatic carbocycles. The van der Waals surface area contributed by atoms with Gasteiger partial charge in [0.05, 0.1) is 31.3 Å². The zero-order chi connectivity index (χ0) is 15.0. The smallest absolute Gasteiger partial charge is 0.196 e. The first-order valence-electron chi connectivity index (χ1n) is 5.25. The predicted octanol–water partition coefficient (Wildman–Crippen LogP) is 5.77. The minimum atomic E-state index is -0.415. The van der Waals surface area contributed by atoms with Crippen molar-refractivity contribution >= 4 is 69.5 Å². The van der Waals surface area contributed by atoms with Crippen LogP contribution in [0.15, 0.2) is 24.3 Å². The summed E-state index contributed by atoms with van der Waals surface area (Å²) in [6.45, 7) is 0. The van der Waals surface area contributed by atoms with Crippen LogP contribution < -0.4 is 5.73 Å². The highest BCUT2D eigenvalue weighted by Gasteiger charge is 2.19. The fourth-order valence-electron chi connectivity index (χ4n) is 1.64. The topological polar surface area (TPSA) is 43.1 Å². The van der Waals surface area contributed by atoms with Gasteiger partial charge in [-0.1, -0.05) is 58.0 Å². The van der Waals surface area contributed by atoms with Crippen molar-refractivity contribution in [3.05, 3.63) is 60.5 Å². The molecule has 0 aliphatic carbocycles. The van der Waals surface area contributed by atoms with E-state index in [2.05, 4.69) is 0 Å². The molecule has 0 aliphatic heterocycles. The molecule has 2 nitrogen and oxygen atoms in total. The third-order valence-corrected chi connectivity index (χ3v) is 4.18. The molecule has 0 fully saturated rings. The number of ketones is 1. The first-order valence-corrected chi connectivity index (χ1v) is 7.14. The third-order valence-electron chi connectivity index (χ3n) is 2.55. The summed E-state index contributed by atoms with van der Waals surface area (Å²) in [5, 5.41) is 1.01. The Hall–Kier alpha value is -0.640. The maximum atomic E-state index is 12.4. The van der Waals surface area contributed by atoms with Crippen LogP contribution in [0.3, 0.4) is 0 Å². The van der Waals surface area contributed by atoms with E-state index in [0.29, 0.717) is 5.02 Å². The predicted molar refractivity (Wildman–Crippen MR) is 85.8 cm³/mol. The molecule has 20 heavy (non-hydrogen) atoms. The minimum absolute atomic E-state index is 0.135. The van der Waals surface area contributed by atoms with Crippen LogP contribution in [-0.2, 0) is 0 Å². The van der Waals surface area contributed by atoms with Crippen molar-refractivity contribution in [3.63, 3.8) is 0 Å². The van der Waals surface area contributed by atoms with Crippen LogP contribution >= 0.6 is 58.0 Å². The van der Waals surface area contributed by atoms with Crippen LogP contribution in [0, 0.1) is 0 Å². The van der Waals surface area contributed by atoms with Crippen molar-refractivity contribution in [2.24, 2.45) is 0 Å². The summed E-state index contributed by atoms with van der Waals surface area (Å²) in [4.78, 5) is 12.4. The highest BCUT2D eigenvalue weighted by molar-refractivity contribution is 6.45. The van der Waals surface area contributed by atoms with E-state index in [1.807, 2.05) is 0 Å². The highest BCUT2D eigenvalue weighted by Crippen LogP contribution is 2.34. The molecule has 0 saturated heterocycles. The Morgan fingerprint density at radius 2 is 1.40 bits per heavy atom. The van der Waals surface area contributed by atoms with E-state index in [-0.39, 0.29) is 36.9 Å². The fraction of sp³-hybridized carbons (Fsp3) is 0. The zero-order valence-electron chi connectivity index (χ0n) is 9.68. The SMILES string of the molecule is Nc1cc(C(=O)c2c(Cl)cc(Cl)cc2Cl)cc(Cl)c1Cl. The van der Waals surface area contributed by atoms with E-state index in [4.69, 9.17) is 63.7 Å². The average Bonchev–Trinajstić information content (AvgIpc) is 2.33. The lowest BCUT2D eigenvalue weighted by Gasteiger charge is -2.09. The average molecular weight is 369 g/mol. The van der Waals surface area contributed by atoms with Crippen LogP contribution in [0.1, 0.15) is 15.9 Å². The Labute approximate surface area is 140 Å². The Bertz CT molecular complexity index is 668. The summed E-state index contributed by atoms with van der Waals surface area (Å²) >= 11 is 29.6. The van der Waals surface area contributed by atoms with Gasteiger partial charge in [-0.3, -0.25) is 4.79 Å². The molecule has 2 aromatic rings. The summed E-state index contributed by atoms with van der Waals surface area (Å²) in [6.07, 6.45) is 0. The van der Waals surface area contributed by atoms with Gasteiger partial charge in [-0.25, -0.2) is 0 Å². The van der Waals surface area contributed by atoms with E-state index in [0.717, 1.165) is 0 Å². The second kappa shape index (κ2) is 6.00. The molecule has 0 aliphatic rings. The van der Waals surface area contributed by atoms with E-state index in [1.165, 1.54) is 24.3 Å². The molecule has 0 bridgehead atoms. The molecule has 0 atom stereocenters. The number of hydrogen-bond acceptors (Lipinski definition) is 2. The van der Waals surface area contributed by atoms with Crippen molar-refractivity contribution in [2.75, 3.05) is 5.73 Å². The third kappa shape index (κ3) is 3.00. The standard InChI is InChI=1S/C13H6Cl5NO/c14-6-3-7(15)11(8(16)4-6)13(20)5-1-9(17)12(18)10(19)2-5/h1-4H,19H2. The molecular formula is C13H6Cl5NO. The fourth-order valence-corrected chi connectivity index (χ4v) is 2.97. The van der Waals surface area contributed by atoms with Gasteiger partial charge in [0.25, 0.3) is 0 Å². The van der Waals surface area contributed by atoms with Gasteiger partial charge in [-0.2, -0.15) is 0 Å². The molecule has 0 aromatic heterocycles. The molecule has 0 saturated carbocycles. The van der Waals surface area contributed by atoms with Gasteiger partial charge in [-0.15, -0.1) is 0 Å². The Balaban J connectivity index is 2.58. The summed E-state index contributed by atoms with van der Waals surface area (Å²) in [5.41, 5.74) is 6.25. The summed E-state index contributed by atoms with van der Waals surface area (Å²) in [6, 6.07) is 5.69. The number of carbonyl (C=O) groups is 1. The number of anilines is 1. The molecule has 2 N–H and O–H groups in total.